The van der Waals surface area contributed by atoms with Crippen molar-refractivity contribution in [3.8, 4) is 6.01 Å². The topological polar surface area (TPSA) is 118 Å². The highest BCUT2D eigenvalue weighted by Crippen LogP contribution is 2.14. The van der Waals surface area contributed by atoms with Crippen molar-refractivity contribution in [3.05, 3.63) is 0 Å². The fourth-order valence-electron chi connectivity index (χ4n) is 1.16. The third kappa shape index (κ3) is 5.23. The summed E-state index contributed by atoms with van der Waals surface area (Å²) in [7, 11) is 0. The maximum absolute atomic E-state index is 9.92. The molecule has 0 aliphatic rings. The molecule has 0 radical (unpaired) electrons. The van der Waals surface area contributed by atoms with E-state index in [4.69, 9.17) is 10.6 Å². The van der Waals surface area contributed by atoms with Crippen LogP contribution >= 0.6 is 0 Å². The van der Waals surface area contributed by atoms with Crippen LogP contribution in [0.2, 0.25) is 0 Å². The second kappa shape index (κ2) is 6.48. The van der Waals surface area contributed by atoms with Gasteiger partial charge in [0.2, 0.25) is 11.9 Å². The van der Waals surface area contributed by atoms with Gasteiger partial charge in [0.25, 0.3) is 0 Å². The summed E-state index contributed by atoms with van der Waals surface area (Å²) in [5.41, 5.74) is 1.52. The third-order valence-electron chi connectivity index (χ3n) is 2.47. The number of nitrogens with zero attached hydrogens (tertiary/aromatic N) is 3. The highest BCUT2D eigenvalue weighted by atomic mass is 16.5. The fourth-order valence-corrected chi connectivity index (χ4v) is 1.16. The van der Waals surface area contributed by atoms with Crippen molar-refractivity contribution < 1.29 is 9.84 Å². The second-order valence-electron chi connectivity index (χ2n) is 4.78. The number of aromatic nitrogens is 3. The minimum absolute atomic E-state index is 0.0559. The maximum atomic E-state index is 9.92. The molecule has 1 unspecified atom stereocenters. The smallest absolute Gasteiger partial charge is 0.323 e. The van der Waals surface area contributed by atoms with Gasteiger partial charge in [-0.05, 0) is 27.2 Å². The Bertz CT molecular complexity index is 410. The summed E-state index contributed by atoms with van der Waals surface area (Å²) in [4.78, 5) is 12.1. The Kier molecular flexibility index (Phi) is 5.25. The van der Waals surface area contributed by atoms with Crippen molar-refractivity contribution in [3.63, 3.8) is 0 Å². The Morgan fingerprint density at radius 1 is 1.32 bits per heavy atom. The average Bonchev–Trinajstić information content (AvgIpc) is 2.35. The van der Waals surface area contributed by atoms with E-state index in [0.717, 1.165) is 0 Å². The predicted molar refractivity (Wildman–Crippen MR) is 72.8 cm³/mol. The molecular formula is C11H22N6O2. The summed E-state index contributed by atoms with van der Waals surface area (Å²) in [6.07, 6.45) is 0.558. The van der Waals surface area contributed by atoms with Crippen LogP contribution in [0.25, 0.3) is 0 Å². The lowest BCUT2D eigenvalue weighted by Crippen LogP contribution is -2.33. The highest BCUT2D eigenvalue weighted by Gasteiger charge is 2.18. The first-order valence-electron chi connectivity index (χ1n) is 6.22. The van der Waals surface area contributed by atoms with Crippen LogP contribution in [-0.2, 0) is 0 Å². The average molecular weight is 270 g/mol. The van der Waals surface area contributed by atoms with Gasteiger partial charge in [0.15, 0.2) is 0 Å². The van der Waals surface area contributed by atoms with E-state index in [1.165, 1.54) is 0 Å². The monoisotopic (exact) mass is 270 g/mol. The number of ether oxygens (including phenoxy) is 1. The summed E-state index contributed by atoms with van der Waals surface area (Å²) in [5, 5.41) is 12.9. The minimum atomic E-state index is -0.831. The van der Waals surface area contributed by atoms with Crippen LogP contribution in [0.3, 0.4) is 0 Å². The zero-order chi connectivity index (χ0) is 14.5. The van der Waals surface area contributed by atoms with Gasteiger partial charge in [-0.15, -0.1) is 0 Å². The first-order chi connectivity index (χ1) is 8.86. The Morgan fingerprint density at radius 3 is 2.47 bits per heavy atom. The molecule has 0 saturated heterocycles. The Labute approximate surface area is 112 Å². The molecule has 1 atom stereocenters. The molecule has 8 nitrogen and oxygen atoms in total. The van der Waals surface area contributed by atoms with Gasteiger partial charge in [0.05, 0.1) is 11.7 Å². The normalized spacial score (nSPS) is 14.1. The second-order valence-corrected chi connectivity index (χ2v) is 4.78. The number of nitrogen functional groups attached to an aromatic ring is 1. The van der Waals surface area contributed by atoms with Gasteiger partial charge in [0.1, 0.15) is 0 Å². The quantitative estimate of drug-likeness (QED) is 0.418. The number of anilines is 2. The van der Waals surface area contributed by atoms with E-state index < -0.39 is 5.60 Å². The van der Waals surface area contributed by atoms with E-state index in [1.54, 1.807) is 6.92 Å². The summed E-state index contributed by atoms with van der Waals surface area (Å²) < 4.78 is 5.40. The van der Waals surface area contributed by atoms with Crippen LogP contribution in [0, 0.1) is 0 Å². The fraction of sp³-hybridized carbons (Fsp3) is 0.727. The zero-order valence-electron chi connectivity index (χ0n) is 11.8. The molecule has 0 amide bonds. The Hall–Kier alpha value is -1.67. The van der Waals surface area contributed by atoms with Crippen LogP contribution in [0.5, 0.6) is 6.01 Å². The van der Waals surface area contributed by atoms with E-state index in [0.29, 0.717) is 18.9 Å². The molecule has 1 heterocycles. The molecule has 8 heteroatoms. The lowest BCUT2D eigenvalue weighted by atomic mass is 10.0. The summed E-state index contributed by atoms with van der Waals surface area (Å²) >= 11 is 0. The van der Waals surface area contributed by atoms with Gasteiger partial charge in [-0.3, -0.25) is 5.43 Å². The number of nitrogens with two attached hydrogens (primary N) is 1. The van der Waals surface area contributed by atoms with Gasteiger partial charge < -0.3 is 15.2 Å². The third-order valence-corrected chi connectivity index (χ3v) is 2.47. The van der Waals surface area contributed by atoms with Gasteiger partial charge in [-0.1, -0.05) is 6.92 Å². The van der Waals surface area contributed by atoms with Crippen molar-refractivity contribution in [1.29, 1.82) is 0 Å². The van der Waals surface area contributed by atoms with Crippen LogP contribution in [0.4, 0.5) is 11.9 Å². The Morgan fingerprint density at radius 2 is 1.95 bits per heavy atom. The first kappa shape index (κ1) is 15.4. The molecule has 0 aromatic carbocycles. The molecule has 0 bridgehead atoms. The van der Waals surface area contributed by atoms with Crippen LogP contribution in [0.15, 0.2) is 0 Å². The molecular weight excluding hydrogens is 248 g/mol. The SMILES string of the molecule is CCC(C)(O)CNc1nc(NN)nc(OC(C)C)n1. The molecule has 0 saturated carbocycles. The standard InChI is InChI=1S/C11H22N6O2/c1-5-11(4,18)6-13-8-14-9(17-12)16-10(15-8)19-7(2)3/h7,18H,5-6,12H2,1-4H3,(H2,13,14,15,16,17). The molecule has 0 spiro atoms. The van der Waals surface area contributed by atoms with Crippen LogP contribution in [0.1, 0.15) is 34.1 Å². The minimum Gasteiger partial charge on any atom is -0.461 e. The number of hydrogen-bond donors (Lipinski definition) is 4. The van der Waals surface area contributed by atoms with Gasteiger partial charge in [-0.2, -0.15) is 15.0 Å². The van der Waals surface area contributed by atoms with Crippen molar-refractivity contribution >= 4 is 11.9 Å². The van der Waals surface area contributed by atoms with E-state index in [1.807, 2.05) is 20.8 Å². The van der Waals surface area contributed by atoms with Crippen molar-refractivity contribution in [1.82, 2.24) is 15.0 Å². The molecule has 0 fully saturated rings. The van der Waals surface area contributed by atoms with Crippen LogP contribution < -0.4 is 21.3 Å². The highest BCUT2D eigenvalue weighted by molar-refractivity contribution is 5.35. The number of nitrogens with one attached hydrogen (secondary N) is 2. The molecule has 5 N–H and O–H groups in total. The molecule has 108 valence electrons. The summed E-state index contributed by atoms with van der Waals surface area (Å²) in [6, 6.07) is 0.177. The predicted octanol–water partition coefficient (Wildman–Crippen LogP) is 0.517. The van der Waals surface area contributed by atoms with Gasteiger partial charge >= 0.3 is 6.01 Å². The Balaban J connectivity index is 2.82. The van der Waals surface area contributed by atoms with Crippen molar-refractivity contribution in [2.75, 3.05) is 17.3 Å². The molecule has 1 aromatic rings. The summed E-state index contributed by atoms with van der Waals surface area (Å²) in [6.45, 7) is 7.69. The van der Waals surface area contributed by atoms with Gasteiger partial charge in [-0.25, -0.2) is 5.84 Å². The number of rotatable bonds is 7. The first-order valence-corrected chi connectivity index (χ1v) is 6.22. The number of aliphatic hydroxyl groups is 1. The number of hydrogen-bond acceptors (Lipinski definition) is 8. The molecule has 0 aliphatic carbocycles. The van der Waals surface area contributed by atoms with Crippen molar-refractivity contribution in [2.24, 2.45) is 5.84 Å². The number of hydrazine groups is 1. The molecule has 1 aromatic heterocycles. The van der Waals surface area contributed by atoms with Crippen LogP contribution in [-0.4, -0.2) is 38.3 Å². The maximum Gasteiger partial charge on any atom is 0.323 e. The van der Waals surface area contributed by atoms with Crippen molar-refractivity contribution in [2.45, 2.75) is 45.8 Å². The summed E-state index contributed by atoms with van der Waals surface area (Å²) in [5.74, 6) is 5.79. The molecule has 0 aliphatic heterocycles. The lowest BCUT2D eigenvalue weighted by Gasteiger charge is -2.21. The van der Waals surface area contributed by atoms with E-state index in [2.05, 4.69) is 25.7 Å². The van der Waals surface area contributed by atoms with E-state index in [9.17, 15) is 5.11 Å². The molecule has 1 rings (SSSR count). The molecule has 19 heavy (non-hydrogen) atoms. The van der Waals surface area contributed by atoms with E-state index in [-0.39, 0.29) is 18.1 Å². The zero-order valence-corrected chi connectivity index (χ0v) is 11.8. The lowest BCUT2D eigenvalue weighted by molar-refractivity contribution is 0.0695. The largest absolute Gasteiger partial charge is 0.461 e. The van der Waals surface area contributed by atoms with Gasteiger partial charge in [0, 0.05) is 6.54 Å². The van der Waals surface area contributed by atoms with E-state index >= 15 is 0 Å².